The Balaban J connectivity index is 1.40. The molecule has 6 atom stereocenters. The molecule has 2 aromatic heterocycles. The first-order chi connectivity index (χ1) is 21.8. The normalized spacial score (nSPS) is 30.6. The number of nitrogens with zero attached hydrogens (tertiary/aromatic N) is 2. The molecular formula is C30H19Cl2F5N2O6S. The van der Waals surface area contributed by atoms with E-state index in [9.17, 15) is 37.5 Å². The summed E-state index contributed by atoms with van der Waals surface area (Å²) in [5.41, 5.74) is -1.61. The Morgan fingerprint density at radius 2 is 1.59 bits per heavy atom. The number of furan rings is 1. The summed E-state index contributed by atoms with van der Waals surface area (Å²) in [6.45, 7) is -0.613. The molecule has 1 aromatic carbocycles. The Hall–Kier alpha value is -3.59. The highest BCUT2D eigenvalue weighted by Crippen LogP contribution is 2.66. The lowest BCUT2D eigenvalue weighted by molar-refractivity contribution is -0.141. The van der Waals surface area contributed by atoms with Crippen LogP contribution in [0.2, 0.25) is 0 Å². The van der Waals surface area contributed by atoms with Gasteiger partial charge in [0.15, 0.2) is 33.0 Å². The summed E-state index contributed by atoms with van der Waals surface area (Å²) in [5, 5.41) is 11.4. The lowest BCUT2D eigenvalue weighted by Crippen LogP contribution is -2.60. The van der Waals surface area contributed by atoms with Crippen LogP contribution >= 0.6 is 34.5 Å². The van der Waals surface area contributed by atoms with Crippen molar-refractivity contribution in [2.45, 2.75) is 41.7 Å². The van der Waals surface area contributed by atoms with E-state index in [2.05, 4.69) is 0 Å². The van der Waals surface area contributed by atoms with E-state index in [0.717, 1.165) is 9.78 Å². The summed E-state index contributed by atoms with van der Waals surface area (Å²) in [5.74, 6) is -21.2. The van der Waals surface area contributed by atoms with E-state index in [1.165, 1.54) is 23.5 Å². The number of thiophene rings is 1. The zero-order chi connectivity index (χ0) is 33.0. The van der Waals surface area contributed by atoms with Crippen molar-refractivity contribution in [3.8, 4) is 0 Å². The lowest BCUT2D eigenvalue weighted by Gasteiger charge is -2.49. The topological polar surface area (TPSA) is 108 Å². The average Bonchev–Trinajstić information content (AvgIpc) is 3.81. The van der Waals surface area contributed by atoms with E-state index in [1.807, 2.05) is 0 Å². The summed E-state index contributed by atoms with van der Waals surface area (Å²) in [7, 11) is 0. The fraction of sp³-hybridized carbons (Fsp3) is 0.333. The molecule has 2 aliphatic carbocycles. The number of amides is 4. The fourth-order valence-corrected chi connectivity index (χ4v) is 8.90. The molecule has 0 radical (unpaired) electrons. The maximum absolute atomic E-state index is 15.1. The molecule has 7 rings (SSSR count). The number of alkyl halides is 2. The molecule has 2 saturated heterocycles. The zero-order valence-electron chi connectivity index (χ0n) is 23.0. The predicted molar refractivity (Wildman–Crippen MR) is 151 cm³/mol. The van der Waals surface area contributed by atoms with Gasteiger partial charge in [0.25, 0.3) is 11.8 Å². The van der Waals surface area contributed by atoms with Crippen molar-refractivity contribution in [1.82, 2.24) is 4.90 Å². The lowest BCUT2D eigenvalue weighted by atomic mass is 9.57. The highest BCUT2D eigenvalue weighted by molar-refractivity contribution is 7.09. The minimum absolute atomic E-state index is 0.00511. The van der Waals surface area contributed by atoms with Crippen molar-refractivity contribution in [2.24, 2.45) is 17.8 Å². The largest absolute Gasteiger partial charge is 0.463 e. The van der Waals surface area contributed by atoms with Gasteiger partial charge in [-0.05, 0) is 42.3 Å². The maximum atomic E-state index is 15.1. The van der Waals surface area contributed by atoms with Gasteiger partial charge in [0.2, 0.25) is 17.6 Å². The molecule has 240 valence electrons. The fourth-order valence-electron chi connectivity index (χ4n) is 7.29. The van der Waals surface area contributed by atoms with Crippen LogP contribution in [-0.2, 0) is 32.3 Å². The summed E-state index contributed by atoms with van der Waals surface area (Å²) in [6, 6.07) is 6.15. The molecule has 3 aromatic rings. The third kappa shape index (κ3) is 3.87. The molecule has 4 heterocycles. The van der Waals surface area contributed by atoms with Crippen LogP contribution in [-0.4, -0.2) is 43.4 Å². The van der Waals surface area contributed by atoms with E-state index in [-0.39, 0.29) is 35.0 Å². The highest BCUT2D eigenvalue weighted by Gasteiger charge is 2.77. The van der Waals surface area contributed by atoms with Crippen molar-refractivity contribution >= 4 is 63.9 Å². The monoisotopic (exact) mass is 700 g/mol. The quantitative estimate of drug-likeness (QED) is 0.0968. The Labute approximate surface area is 270 Å². The van der Waals surface area contributed by atoms with Gasteiger partial charge in [-0.2, -0.15) is 0 Å². The molecule has 0 spiro atoms. The van der Waals surface area contributed by atoms with Crippen LogP contribution in [0.3, 0.4) is 0 Å². The number of anilines is 1. The second kappa shape index (κ2) is 10.5. The van der Waals surface area contributed by atoms with Crippen molar-refractivity contribution in [1.29, 1.82) is 0 Å². The summed E-state index contributed by atoms with van der Waals surface area (Å²) in [6.07, 6.45) is 0.964. The highest BCUT2D eigenvalue weighted by atomic mass is 35.5. The van der Waals surface area contributed by atoms with Crippen LogP contribution in [0.5, 0.6) is 0 Å². The van der Waals surface area contributed by atoms with Crippen molar-refractivity contribution in [3.63, 3.8) is 0 Å². The summed E-state index contributed by atoms with van der Waals surface area (Å²) < 4.78 is 78.4. The van der Waals surface area contributed by atoms with E-state index in [0.29, 0.717) is 0 Å². The molecule has 2 aliphatic heterocycles. The molecule has 4 amide bonds. The summed E-state index contributed by atoms with van der Waals surface area (Å²) >= 11 is 15.4. The van der Waals surface area contributed by atoms with Gasteiger partial charge in [-0.3, -0.25) is 24.1 Å². The maximum Gasteiger partial charge on any atom is 0.258 e. The number of benzene rings is 1. The number of likely N-dealkylation sites (tertiary alicyclic amines) is 1. The van der Waals surface area contributed by atoms with Gasteiger partial charge in [0.05, 0.1) is 24.3 Å². The Kier molecular flexibility index (Phi) is 7.06. The van der Waals surface area contributed by atoms with Gasteiger partial charge in [0, 0.05) is 4.88 Å². The number of aliphatic hydroxyl groups is 1. The number of hydrogen-bond donors (Lipinski definition) is 1. The molecule has 16 heteroatoms. The Morgan fingerprint density at radius 3 is 2.20 bits per heavy atom. The zero-order valence-corrected chi connectivity index (χ0v) is 25.4. The van der Waals surface area contributed by atoms with E-state index < -0.39 is 105 Å². The van der Waals surface area contributed by atoms with Crippen LogP contribution in [0.4, 0.5) is 27.6 Å². The van der Waals surface area contributed by atoms with E-state index >= 15 is 8.78 Å². The molecule has 0 bridgehead atoms. The first-order valence-corrected chi connectivity index (χ1v) is 15.5. The van der Waals surface area contributed by atoms with Crippen LogP contribution in [0, 0.1) is 46.8 Å². The molecule has 8 nitrogen and oxygen atoms in total. The smallest absolute Gasteiger partial charge is 0.258 e. The molecule has 0 unspecified atom stereocenters. The van der Waals surface area contributed by atoms with Crippen LogP contribution < -0.4 is 4.90 Å². The Morgan fingerprint density at radius 1 is 0.913 bits per heavy atom. The number of rotatable bonds is 5. The van der Waals surface area contributed by atoms with Gasteiger partial charge in [-0.15, -0.1) is 34.5 Å². The van der Waals surface area contributed by atoms with Crippen LogP contribution in [0.1, 0.15) is 35.2 Å². The Bertz CT molecular complexity index is 1870. The van der Waals surface area contributed by atoms with Crippen molar-refractivity contribution in [2.75, 3.05) is 4.90 Å². The molecule has 3 fully saturated rings. The number of fused-ring (bicyclic) bond motifs is 4. The molecule has 1 saturated carbocycles. The van der Waals surface area contributed by atoms with Gasteiger partial charge in [0.1, 0.15) is 23.8 Å². The third-order valence-electron chi connectivity index (χ3n) is 9.33. The number of carbonyl (C=O) groups is 4. The SMILES string of the molecule is O=C1[C@H]2[C@H](CC=C3[C@H]2C[C@@]2(Cl)C(=O)N(c4c(F)c(F)c(F)c(F)c4F)C(=O)[C@@]2(Cl)[C@H]3c2ccc(CO)o2)C(=O)N1Cc1cccs1. The molecule has 1 N–H and O–H groups in total. The second-order valence-electron chi connectivity index (χ2n) is 11.5. The van der Waals surface area contributed by atoms with Gasteiger partial charge >= 0.3 is 0 Å². The average molecular weight is 701 g/mol. The second-order valence-corrected chi connectivity index (χ2v) is 13.8. The van der Waals surface area contributed by atoms with Gasteiger partial charge in [-0.1, -0.05) is 17.7 Å². The number of aliphatic hydroxyl groups excluding tert-OH is 1. The number of hydrogen-bond acceptors (Lipinski definition) is 7. The number of imide groups is 2. The first kappa shape index (κ1) is 31.0. The van der Waals surface area contributed by atoms with Crippen LogP contribution in [0.15, 0.2) is 45.7 Å². The molecular weight excluding hydrogens is 682 g/mol. The van der Waals surface area contributed by atoms with E-state index in [4.69, 9.17) is 27.6 Å². The van der Waals surface area contributed by atoms with Crippen molar-refractivity contribution < 1.29 is 50.7 Å². The first-order valence-electron chi connectivity index (χ1n) is 13.8. The third-order valence-corrected chi connectivity index (χ3v) is 11.6. The standard InChI is InChI=1S/C30H19Cl2F5N2O6S/c31-29-8-15-13(4-5-14-17(15)26(42)38(25(14)41)9-12-2-1-7-46-12)18(16-6-3-11(10-40)45-16)30(29,32)28(44)39(27(29)43)24-22(36)20(34)19(33)21(35)23(24)37/h1-4,6-7,14-15,17-18,40H,5,8-10H2/t14-,15+,17-,18+,29+,30-/m0/s1. The van der Waals surface area contributed by atoms with Crippen molar-refractivity contribution in [3.05, 3.63) is 86.8 Å². The molecule has 4 aliphatic rings. The van der Waals surface area contributed by atoms with E-state index in [1.54, 1.807) is 23.6 Å². The minimum atomic E-state index is -2.69. The van der Waals surface area contributed by atoms with Crippen LogP contribution in [0.25, 0.3) is 0 Å². The number of halogens is 7. The minimum Gasteiger partial charge on any atom is -0.463 e. The molecule has 46 heavy (non-hydrogen) atoms. The summed E-state index contributed by atoms with van der Waals surface area (Å²) in [4.78, 5) is 51.9. The van der Waals surface area contributed by atoms with Gasteiger partial charge in [-0.25, -0.2) is 26.9 Å². The number of allylic oxidation sites excluding steroid dienone is 2. The van der Waals surface area contributed by atoms with Gasteiger partial charge < -0.3 is 9.52 Å². The predicted octanol–water partition coefficient (Wildman–Crippen LogP) is 5.29. The number of carbonyl (C=O) groups excluding carboxylic acids is 4.